The van der Waals surface area contributed by atoms with Crippen molar-refractivity contribution in [3.05, 3.63) is 51.6 Å². The van der Waals surface area contributed by atoms with Crippen molar-refractivity contribution in [2.45, 2.75) is 31.0 Å². The van der Waals surface area contributed by atoms with Gasteiger partial charge in [-0.05, 0) is 48.1 Å². The van der Waals surface area contributed by atoms with Gasteiger partial charge in [0.25, 0.3) is 0 Å². The van der Waals surface area contributed by atoms with Crippen molar-refractivity contribution in [3.63, 3.8) is 0 Å². The molecule has 0 saturated carbocycles. The number of aromatic nitrogens is 3. The minimum absolute atomic E-state index is 0.377. The van der Waals surface area contributed by atoms with Gasteiger partial charge in [-0.25, -0.2) is 4.79 Å². The molecule has 0 unspecified atom stereocenters. The molecule has 23 heavy (non-hydrogen) atoms. The number of rotatable bonds is 3. The van der Waals surface area contributed by atoms with E-state index < -0.39 is 10.8 Å². The second-order valence-corrected chi connectivity index (χ2v) is 7.03. The molecule has 1 aliphatic carbocycles. The van der Waals surface area contributed by atoms with Crippen molar-refractivity contribution in [2.75, 3.05) is 6.26 Å². The zero-order valence-electron chi connectivity index (χ0n) is 12.6. The lowest BCUT2D eigenvalue weighted by Crippen LogP contribution is -2.09. The number of benzene rings is 1. The Hall–Kier alpha value is -2.28. The maximum Gasteiger partial charge on any atom is 0.336 e. The van der Waals surface area contributed by atoms with Crippen molar-refractivity contribution in [1.82, 2.24) is 14.8 Å². The first-order valence-electron chi connectivity index (χ1n) is 7.41. The second-order valence-electron chi connectivity index (χ2n) is 5.76. The van der Waals surface area contributed by atoms with Crippen LogP contribution in [-0.4, -0.2) is 25.2 Å². The van der Waals surface area contributed by atoms with Crippen LogP contribution in [0.3, 0.4) is 0 Å². The summed E-state index contributed by atoms with van der Waals surface area (Å²) in [5.74, 6) is 0. The van der Waals surface area contributed by atoms with E-state index in [2.05, 4.69) is 16.3 Å². The van der Waals surface area contributed by atoms with Crippen LogP contribution in [0.1, 0.15) is 23.1 Å². The smallest absolute Gasteiger partial charge is 0.336 e. The fraction of sp³-hybridized carbons (Fsp3) is 0.312. The van der Waals surface area contributed by atoms with Crippen LogP contribution in [-0.2, 0) is 30.2 Å². The highest BCUT2D eigenvalue weighted by atomic mass is 32.2. The van der Waals surface area contributed by atoms with Gasteiger partial charge in [0, 0.05) is 17.7 Å². The molecule has 1 aromatic carbocycles. The van der Waals surface area contributed by atoms with Crippen LogP contribution >= 0.6 is 0 Å². The van der Waals surface area contributed by atoms with E-state index in [0.717, 1.165) is 30.2 Å². The van der Waals surface area contributed by atoms with Gasteiger partial charge in [0.15, 0.2) is 0 Å². The molecule has 1 atom stereocenters. The number of hydrogen-bond acceptors (Lipinski definition) is 5. The summed E-state index contributed by atoms with van der Waals surface area (Å²) in [6, 6.07) is 5.59. The Morgan fingerprint density at radius 3 is 2.83 bits per heavy atom. The van der Waals surface area contributed by atoms with E-state index in [1.54, 1.807) is 10.8 Å². The molecule has 2 aromatic heterocycles. The van der Waals surface area contributed by atoms with Crippen LogP contribution in [0.15, 0.2) is 38.9 Å². The van der Waals surface area contributed by atoms with E-state index in [9.17, 15) is 9.00 Å². The third kappa shape index (κ3) is 2.50. The lowest BCUT2D eigenvalue weighted by atomic mass is 10.0. The normalized spacial score (nSPS) is 15.0. The maximum absolute atomic E-state index is 11.9. The Labute approximate surface area is 134 Å². The highest BCUT2D eigenvalue weighted by molar-refractivity contribution is 7.84. The summed E-state index contributed by atoms with van der Waals surface area (Å²) >= 11 is 0. The van der Waals surface area contributed by atoms with Crippen LogP contribution in [0.25, 0.3) is 11.0 Å². The number of hydrogen-bond donors (Lipinski definition) is 0. The maximum atomic E-state index is 11.9. The zero-order valence-corrected chi connectivity index (χ0v) is 13.4. The summed E-state index contributed by atoms with van der Waals surface area (Å²) in [4.78, 5) is 11.9. The molecule has 0 radical (unpaired) electrons. The van der Waals surface area contributed by atoms with Crippen molar-refractivity contribution in [3.8, 4) is 0 Å². The van der Waals surface area contributed by atoms with Crippen molar-refractivity contribution in [2.24, 2.45) is 0 Å². The Morgan fingerprint density at radius 2 is 2.04 bits per heavy atom. The first-order chi connectivity index (χ1) is 11.1. The van der Waals surface area contributed by atoms with Gasteiger partial charge in [0.1, 0.15) is 11.9 Å². The third-order valence-corrected chi connectivity index (χ3v) is 5.05. The quantitative estimate of drug-likeness (QED) is 0.683. The molecular formula is C16H15N3O3S. The minimum Gasteiger partial charge on any atom is -0.423 e. The topological polar surface area (TPSA) is 78.0 Å². The lowest BCUT2D eigenvalue weighted by molar-refractivity contribution is 0.556. The van der Waals surface area contributed by atoms with Gasteiger partial charge < -0.3 is 8.98 Å². The van der Waals surface area contributed by atoms with Crippen LogP contribution in [0.4, 0.5) is 0 Å². The SMILES string of the molecule is C[S@](=O)c1nncn1Cc1cc(=O)oc2cc3c(cc12)CCC3. The first-order valence-corrected chi connectivity index (χ1v) is 8.97. The lowest BCUT2D eigenvalue weighted by Gasteiger charge is -2.09. The summed E-state index contributed by atoms with van der Waals surface area (Å²) in [5.41, 5.74) is 3.64. The number of nitrogens with zero attached hydrogens (tertiary/aromatic N) is 3. The summed E-state index contributed by atoms with van der Waals surface area (Å²) in [6.45, 7) is 0.392. The average Bonchev–Trinajstić information content (AvgIpc) is 3.13. The third-order valence-electron chi connectivity index (χ3n) is 4.22. The van der Waals surface area contributed by atoms with Gasteiger partial charge in [-0.1, -0.05) is 0 Å². The first kappa shape index (κ1) is 14.3. The Morgan fingerprint density at radius 1 is 1.26 bits per heavy atom. The van der Waals surface area contributed by atoms with Gasteiger partial charge in [0.05, 0.1) is 17.3 Å². The molecule has 0 amide bonds. The molecule has 2 heterocycles. The monoisotopic (exact) mass is 329 g/mol. The van der Waals surface area contributed by atoms with Gasteiger partial charge >= 0.3 is 5.63 Å². The highest BCUT2D eigenvalue weighted by Gasteiger charge is 2.16. The van der Waals surface area contributed by atoms with Gasteiger partial charge in [-0.2, -0.15) is 0 Å². The van der Waals surface area contributed by atoms with Crippen LogP contribution < -0.4 is 5.63 Å². The standard InChI is InChI=1S/C16H15N3O3S/c1-23(21)16-18-17-9-19(16)8-12-7-15(20)22-14-6-11-4-2-3-10(11)5-13(12)14/h5-7,9H,2-4,8H2,1H3/t23-/m0/s1. The molecule has 6 nitrogen and oxygen atoms in total. The van der Waals surface area contributed by atoms with E-state index >= 15 is 0 Å². The fourth-order valence-electron chi connectivity index (χ4n) is 3.18. The predicted molar refractivity (Wildman–Crippen MR) is 86.0 cm³/mol. The van der Waals surface area contributed by atoms with E-state index in [4.69, 9.17) is 4.42 Å². The van der Waals surface area contributed by atoms with Crippen molar-refractivity contribution in [1.29, 1.82) is 0 Å². The average molecular weight is 329 g/mol. The molecule has 0 aliphatic heterocycles. The van der Waals surface area contributed by atoms with Crippen molar-refractivity contribution >= 4 is 21.8 Å². The van der Waals surface area contributed by atoms with Gasteiger partial charge in [-0.3, -0.25) is 4.21 Å². The summed E-state index contributed by atoms with van der Waals surface area (Å²) in [7, 11) is -1.23. The largest absolute Gasteiger partial charge is 0.423 e. The van der Waals surface area contributed by atoms with E-state index in [0.29, 0.717) is 17.3 Å². The minimum atomic E-state index is -1.23. The van der Waals surface area contributed by atoms with Crippen molar-refractivity contribution < 1.29 is 8.63 Å². The molecule has 3 aromatic rings. The van der Waals surface area contributed by atoms with E-state index in [1.165, 1.54) is 23.5 Å². The molecular weight excluding hydrogens is 314 g/mol. The number of fused-ring (bicyclic) bond motifs is 2. The summed E-state index contributed by atoms with van der Waals surface area (Å²) in [5, 5.41) is 9.02. The molecule has 1 aliphatic rings. The van der Waals surface area contributed by atoms with Crippen LogP contribution in [0.5, 0.6) is 0 Å². The summed E-state index contributed by atoms with van der Waals surface area (Å²) in [6.07, 6.45) is 6.31. The molecule has 4 rings (SSSR count). The Balaban J connectivity index is 1.87. The van der Waals surface area contributed by atoms with Crippen LogP contribution in [0.2, 0.25) is 0 Å². The zero-order chi connectivity index (χ0) is 16.0. The fourth-order valence-corrected chi connectivity index (χ4v) is 3.79. The predicted octanol–water partition coefficient (Wildman–Crippen LogP) is 1.66. The molecule has 7 heteroatoms. The molecule has 0 N–H and O–H groups in total. The molecule has 118 valence electrons. The van der Waals surface area contributed by atoms with E-state index in [1.807, 2.05) is 6.07 Å². The number of aryl methyl sites for hydroxylation is 2. The highest BCUT2D eigenvalue weighted by Crippen LogP contribution is 2.28. The molecule has 0 bridgehead atoms. The van der Waals surface area contributed by atoms with Gasteiger partial charge in [0.2, 0.25) is 5.16 Å². The molecule has 0 saturated heterocycles. The molecule has 0 fully saturated rings. The molecule has 0 spiro atoms. The summed E-state index contributed by atoms with van der Waals surface area (Å²) < 4.78 is 18.8. The Bertz CT molecular complexity index is 990. The van der Waals surface area contributed by atoms with E-state index in [-0.39, 0.29) is 5.63 Å². The van der Waals surface area contributed by atoms with Gasteiger partial charge in [-0.15, -0.1) is 10.2 Å². The Kier molecular flexibility index (Phi) is 3.37. The van der Waals surface area contributed by atoms with Crippen LogP contribution in [0, 0.1) is 0 Å². The second kappa shape index (κ2) is 5.42.